The summed E-state index contributed by atoms with van der Waals surface area (Å²) in [6.07, 6.45) is 4.73. The van der Waals surface area contributed by atoms with Gasteiger partial charge < -0.3 is 20.7 Å². The molecule has 0 saturated carbocycles. The molecule has 0 aliphatic carbocycles. The van der Waals surface area contributed by atoms with E-state index < -0.39 is 0 Å². The summed E-state index contributed by atoms with van der Waals surface area (Å²) >= 11 is 5.97. The predicted octanol–water partition coefficient (Wildman–Crippen LogP) is 2.06. The fourth-order valence-corrected chi connectivity index (χ4v) is 2.13. The molecular formula is C15H22ClN3O3W. The largest absolute Gasteiger partial charge is 0.477 e. The van der Waals surface area contributed by atoms with E-state index in [1.165, 1.54) is 0 Å². The normalized spacial score (nSPS) is 11.2. The second-order valence-electron chi connectivity index (χ2n) is 4.51. The summed E-state index contributed by atoms with van der Waals surface area (Å²) in [5, 5.41) is 17.9. The van der Waals surface area contributed by atoms with Gasteiger partial charge in [0.25, 0.3) is 0 Å². The van der Waals surface area contributed by atoms with E-state index in [1.54, 1.807) is 18.5 Å². The Morgan fingerprint density at radius 2 is 1.96 bits per heavy atom. The van der Waals surface area contributed by atoms with Gasteiger partial charge in [-0.25, -0.2) is 9.97 Å². The maximum atomic E-state index is 8.80. The number of nitrogens with two attached hydrogens (primary N) is 1. The van der Waals surface area contributed by atoms with Gasteiger partial charge >= 0.3 is 0 Å². The average molecular weight is 512 g/mol. The van der Waals surface area contributed by atoms with Crippen LogP contribution in [0.1, 0.15) is 31.4 Å². The Hall–Kier alpha value is -0.782. The molecule has 2 aromatic rings. The molecule has 4 N–H and O–H groups in total. The zero-order valence-corrected chi connectivity index (χ0v) is 16.9. The van der Waals surface area contributed by atoms with Crippen LogP contribution in [0.3, 0.4) is 0 Å². The van der Waals surface area contributed by atoms with Crippen LogP contribution in [0.25, 0.3) is 10.8 Å². The van der Waals surface area contributed by atoms with Gasteiger partial charge in [-0.1, -0.05) is 18.5 Å². The van der Waals surface area contributed by atoms with Crippen molar-refractivity contribution < 1.29 is 36.0 Å². The Bertz CT molecular complexity index is 601. The Balaban J connectivity index is 0.00000155. The number of aromatic nitrogens is 2. The van der Waals surface area contributed by atoms with Gasteiger partial charge in [0.1, 0.15) is 5.15 Å². The van der Waals surface area contributed by atoms with E-state index in [2.05, 4.69) is 9.97 Å². The van der Waals surface area contributed by atoms with E-state index in [4.69, 9.17) is 32.3 Å². The van der Waals surface area contributed by atoms with Gasteiger partial charge in [-0.05, 0) is 23.4 Å². The van der Waals surface area contributed by atoms with E-state index >= 15 is 0 Å². The number of halogens is 1. The summed E-state index contributed by atoms with van der Waals surface area (Å²) in [6, 6.07) is 1.68. The molecule has 0 aliphatic rings. The van der Waals surface area contributed by atoms with E-state index in [0.29, 0.717) is 24.1 Å². The SMILES string of the molecule is CCC(N)c1cnc(OCCCO)c2cnc(Cl)cc12.CO.[W]. The number of aliphatic hydroxyl groups is 2. The molecule has 0 bridgehead atoms. The first-order valence-corrected chi connectivity index (χ1v) is 7.43. The molecule has 2 heterocycles. The Labute approximate surface area is 155 Å². The maximum Gasteiger partial charge on any atom is 0.222 e. The van der Waals surface area contributed by atoms with Crippen molar-refractivity contribution in [2.45, 2.75) is 25.8 Å². The van der Waals surface area contributed by atoms with Crippen molar-refractivity contribution in [1.82, 2.24) is 9.97 Å². The molecular weight excluding hydrogens is 489 g/mol. The molecule has 6 nitrogen and oxygen atoms in total. The molecule has 0 aliphatic heterocycles. The molecule has 2 aromatic heterocycles. The number of pyridine rings is 2. The topological polar surface area (TPSA) is 101 Å². The first-order chi connectivity index (χ1) is 10.7. The summed E-state index contributed by atoms with van der Waals surface area (Å²) in [5.41, 5.74) is 7.04. The van der Waals surface area contributed by atoms with E-state index in [-0.39, 0.29) is 33.7 Å². The van der Waals surface area contributed by atoms with Gasteiger partial charge in [0.05, 0.1) is 12.0 Å². The first-order valence-electron chi connectivity index (χ1n) is 7.05. The zero-order chi connectivity index (χ0) is 16.5. The number of rotatable bonds is 6. The molecule has 0 radical (unpaired) electrons. The molecule has 23 heavy (non-hydrogen) atoms. The molecule has 0 fully saturated rings. The quantitative estimate of drug-likeness (QED) is 0.406. The van der Waals surface area contributed by atoms with E-state index in [9.17, 15) is 0 Å². The molecule has 0 amide bonds. The summed E-state index contributed by atoms with van der Waals surface area (Å²) in [6.45, 7) is 2.51. The van der Waals surface area contributed by atoms with Crippen molar-refractivity contribution in [1.29, 1.82) is 0 Å². The monoisotopic (exact) mass is 511 g/mol. The first kappa shape index (κ1) is 22.2. The van der Waals surface area contributed by atoms with Gasteiger partial charge in [0.2, 0.25) is 5.88 Å². The van der Waals surface area contributed by atoms with Gasteiger partial charge in [0, 0.05) is 59.6 Å². The number of aliphatic hydroxyl groups excluding tert-OH is 2. The second kappa shape index (κ2) is 11.7. The molecule has 1 atom stereocenters. The van der Waals surface area contributed by atoms with Crippen molar-refractivity contribution in [2.24, 2.45) is 5.73 Å². The smallest absolute Gasteiger partial charge is 0.222 e. The molecule has 1 unspecified atom stereocenters. The Morgan fingerprint density at radius 1 is 1.26 bits per heavy atom. The molecule has 128 valence electrons. The van der Waals surface area contributed by atoms with Crippen LogP contribution in [-0.2, 0) is 21.1 Å². The molecule has 0 spiro atoms. The number of hydrogen-bond acceptors (Lipinski definition) is 6. The van der Waals surface area contributed by atoms with Crippen molar-refractivity contribution in [3.8, 4) is 5.88 Å². The van der Waals surface area contributed by atoms with Gasteiger partial charge in [-0.3, -0.25) is 0 Å². The van der Waals surface area contributed by atoms with Gasteiger partial charge in [-0.15, -0.1) is 0 Å². The molecule has 2 rings (SSSR count). The Morgan fingerprint density at radius 3 is 2.57 bits per heavy atom. The minimum absolute atomic E-state index is 0. The van der Waals surface area contributed by atoms with Gasteiger partial charge in [0.15, 0.2) is 0 Å². The van der Waals surface area contributed by atoms with Gasteiger partial charge in [-0.2, -0.15) is 0 Å². The summed E-state index contributed by atoms with van der Waals surface area (Å²) in [5.74, 6) is 0.490. The number of fused-ring (bicyclic) bond motifs is 1. The van der Waals surface area contributed by atoms with Crippen LogP contribution in [-0.4, -0.2) is 40.5 Å². The fourth-order valence-electron chi connectivity index (χ4n) is 1.97. The van der Waals surface area contributed by atoms with Crippen molar-refractivity contribution >= 4 is 22.4 Å². The van der Waals surface area contributed by atoms with E-state index in [0.717, 1.165) is 29.9 Å². The molecule has 0 aromatic carbocycles. The third kappa shape index (κ3) is 5.97. The standard InChI is InChI=1S/C14H18ClN3O2.CH4O.W/c1-2-12(16)10-7-18-14(20-5-3-4-19)11-8-17-13(15)6-9(10)11;1-2;/h6-8,12,19H,2-5,16H2,1H3;2H,1H3;. The predicted molar refractivity (Wildman–Crippen MR) is 87.1 cm³/mol. The van der Waals surface area contributed by atoms with Crippen molar-refractivity contribution in [3.05, 3.63) is 29.2 Å². The third-order valence-corrected chi connectivity index (χ3v) is 3.32. The van der Waals surface area contributed by atoms with Crippen LogP contribution < -0.4 is 10.5 Å². The fraction of sp³-hybridized carbons (Fsp3) is 0.467. The summed E-state index contributed by atoms with van der Waals surface area (Å²) in [4.78, 5) is 8.39. The van der Waals surface area contributed by atoms with Crippen LogP contribution in [0, 0.1) is 0 Å². The minimum Gasteiger partial charge on any atom is -0.477 e. The van der Waals surface area contributed by atoms with Crippen LogP contribution in [0.4, 0.5) is 0 Å². The van der Waals surface area contributed by atoms with Crippen LogP contribution in [0.2, 0.25) is 5.15 Å². The van der Waals surface area contributed by atoms with Crippen LogP contribution in [0.15, 0.2) is 18.5 Å². The number of nitrogens with zero attached hydrogens (tertiary/aromatic N) is 2. The second-order valence-corrected chi connectivity index (χ2v) is 4.90. The van der Waals surface area contributed by atoms with Crippen LogP contribution in [0.5, 0.6) is 5.88 Å². The van der Waals surface area contributed by atoms with Crippen LogP contribution >= 0.6 is 11.6 Å². The third-order valence-electron chi connectivity index (χ3n) is 3.11. The average Bonchev–Trinajstić information content (AvgIpc) is 2.56. The number of hydrogen-bond donors (Lipinski definition) is 3. The molecule has 8 heteroatoms. The summed E-state index contributed by atoms with van der Waals surface area (Å²) in [7, 11) is 1.00. The zero-order valence-electron chi connectivity index (χ0n) is 13.2. The Kier molecular flexibility index (Phi) is 11.3. The van der Waals surface area contributed by atoms with Crippen molar-refractivity contribution in [2.75, 3.05) is 20.3 Å². The van der Waals surface area contributed by atoms with E-state index in [1.807, 2.05) is 6.92 Å². The number of ether oxygens (including phenoxy) is 1. The summed E-state index contributed by atoms with van der Waals surface area (Å²) < 4.78 is 5.57. The van der Waals surface area contributed by atoms with Crippen molar-refractivity contribution in [3.63, 3.8) is 0 Å². The molecule has 0 saturated heterocycles. The minimum atomic E-state index is -0.102. The maximum absolute atomic E-state index is 8.80.